The number of piperazine rings is 1. The number of aryl methyl sites for hydroxylation is 1. The summed E-state index contributed by atoms with van der Waals surface area (Å²) in [5.41, 5.74) is 9.37. The summed E-state index contributed by atoms with van der Waals surface area (Å²) >= 11 is 0. The second-order valence-corrected chi connectivity index (χ2v) is 9.86. The van der Waals surface area contributed by atoms with Crippen LogP contribution in [0.1, 0.15) is 51.7 Å². The fourth-order valence-electron chi connectivity index (χ4n) is 4.51. The van der Waals surface area contributed by atoms with Gasteiger partial charge in [-0.15, -0.1) is 0 Å². The Hall–Kier alpha value is -2.99. The molecule has 35 heavy (non-hydrogen) atoms. The second kappa shape index (κ2) is 11.2. The van der Waals surface area contributed by atoms with Gasteiger partial charge in [-0.05, 0) is 80.0 Å². The average molecular weight is 482 g/mol. The maximum atomic E-state index is 13.5. The van der Waals surface area contributed by atoms with Gasteiger partial charge in [0.25, 0.3) is 0 Å². The van der Waals surface area contributed by atoms with Crippen molar-refractivity contribution < 1.29 is 13.6 Å². The Labute approximate surface area is 208 Å². The molecule has 1 heterocycles. The molecule has 1 fully saturated rings. The number of carbonyl (C=O) groups excluding carboxylic acids is 1. The predicted octanol–water partition coefficient (Wildman–Crippen LogP) is 5.75. The summed E-state index contributed by atoms with van der Waals surface area (Å²) < 4.78 is 27.0. The average Bonchev–Trinajstić information content (AvgIpc) is 2.83. The summed E-state index contributed by atoms with van der Waals surface area (Å²) in [5, 5.41) is 0. The zero-order chi connectivity index (χ0) is 25.8. The van der Waals surface area contributed by atoms with Crippen molar-refractivity contribution in [3.8, 4) is 0 Å². The minimum absolute atomic E-state index is 0.128. The Kier molecular flexibility index (Phi) is 8.49. The maximum absolute atomic E-state index is 13.5. The van der Waals surface area contributed by atoms with E-state index in [0.29, 0.717) is 25.9 Å². The third kappa shape index (κ3) is 6.17. The Bertz CT molecular complexity index is 1080. The van der Waals surface area contributed by atoms with Gasteiger partial charge in [0.1, 0.15) is 11.6 Å². The summed E-state index contributed by atoms with van der Waals surface area (Å²) in [6.45, 7) is 13.7. The Morgan fingerprint density at radius 3 is 2.46 bits per heavy atom. The molecule has 3 rings (SSSR count). The van der Waals surface area contributed by atoms with Crippen molar-refractivity contribution >= 4 is 11.5 Å². The van der Waals surface area contributed by atoms with Crippen LogP contribution >= 0.6 is 0 Å². The molecule has 0 bridgehead atoms. The van der Waals surface area contributed by atoms with Crippen LogP contribution in [0.5, 0.6) is 0 Å². The smallest absolute Gasteiger partial charge is 0.240 e. The molecule has 2 aromatic rings. The molecule has 1 aliphatic rings. The van der Waals surface area contributed by atoms with Gasteiger partial charge in [0.05, 0.1) is 11.6 Å². The molecule has 1 amide bonds. The van der Waals surface area contributed by atoms with Crippen LogP contribution in [0.15, 0.2) is 67.0 Å². The van der Waals surface area contributed by atoms with E-state index < -0.39 is 11.6 Å². The first-order valence-corrected chi connectivity index (χ1v) is 12.3. The molecule has 1 aliphatic heterocycles. The van der Waals surface area contributed by atoms with Crippen molar-refractivity contribution in [3.63, 3.8) is 0 Å². The molecule has 0 aromatic heterocycles. The molecular weight excluding hydrogens is 444 g/mol. The van der Waals surface area contributed by atoms with Crippen molar-refractivity contribution in [1.82, 2.24) is 9.80 Å². The number of carbonyl (C=O) groups is 1. The molecule has 188 valence electrons. The molecule has 2 aromatic carbocycles. The predicted molar refractivity (Wildman–Crippen MR) is 138 cm³/mol. The van der Waals surface area contributed by atoms with E-state index in [-0.39, 0.29) is 23.5 Å². The molecule has 2 N–H and O–H groups in total. The molecule has 2 atom stereocenters. The van der Waals surface area contributed by atoms with Crippen molar-refractivity contribution in [2.24, 2.45) is 11.7 Å². The van der Waals surface area contributed by atoms with Gasteiger partial charge in [-0.2, -0.15) is 0 Å². The summed E-state index contributed by atoms with van der Waals surface area (Å²) in [6.07, 6.45) is 4.01. The zero-order valence-electron chi connectivity index (χ0n) is 21.2. The van der Waals surface area contributed by atoms with Gasteiger partial charge >= 0.3 is 0 Å². The fourth-order valence-corrected chi connectivity index (χ4v) is 4.51. The normalized spacial score (nSPS) is 17.9. The Morgan fingerprint density at radius 2 is 1.83 bits per heavy atom. The summed E-state index contributed by atoms with van der Waals surface area (Å²) in [6, 6.07) is 12.3. The second-order valence-electron chi connectivity index (χ2n) is 9.86. The number of benzene rings is 2. The van der Waals surface area contributed by atoms with E-state index in [0.717, 1.165) is 28.8 Å². The quantitative estimate of drug-likeness (QED) is 0.522. The van der Waals surface area contributed by atoms with Crippen molar-refractivity contribution in [2.75, 3.05) is 13.1 Å². The van der Waals surface area contributed by atoms with E-state index in [2.05, 4.69) is 31.5 Å². The van der Waals surface area contributed by atoms with Crippen LogP contribution in [0.2, 0.25) is 0 Å². The number of nitrogens with two attached hydrogens (primary N) is 1. The molecule has 2 unspecified atom stereocenters. The number of nitrogens with zero attached hydrogens (tertiary/aromatic N) is 2. The van der Waals surface area contributed by atoms with Crippen molar-refractivity contribution in [3.05, 3.63) is 89.8 Å². The van der Waals surface area contributed by atoms with Crippen LogP contribution in [0.25, 0.3) is 5.57 Å². The minimum Gasteiger partial charge on any atom is -0.348 e. The largest absolute Gasteiger partial charge is 0.348 e. The zero-order valence-corrected chi connectivity index (χ0v) is 21.2. The molecule has 0 spiro atoms. The Balaban J connectivity index is 1.75. The number of amides is 1. The lowest BCUT2D eigenvalue weighted by Crippen LogP contribution is -2.61. The highest BCUT2D eigenvalue weighted by Gasteiger charge is 2.40. The number of allylic oxidation sites excluding steroid dienone is 1. The van der Waals surface area contributed by atoms with Gasteiger partial charge in [0.2, 0.25) is 5.91 Å². The standard InChI is InChI=1S/C29H37F2N3O/c1-6-20(2)26(23-11-13-24(30)14-12-23)19-33-16-17-34(29(4,5)21(33)3)28(35)27(32)15-10-22-8-7-9-25(31)18-22/h7-9,11-14,18-20,27H,3,6,10,15-17,32H2,1-2,4-5H3. The molecule has 4 nitrogen and oxygen atoms in total. The monoisotopic (exact) mass is 481 g/mol. The highest BCUT2D eigenvalue weighted by atomic mass is 19.1. The van der Waals surface area contributed by atoms with E-state index in [1.54, 1.807) is 23.1 Å². The van der Waals surface area contributed by atoms with E-state index in [1.807, 2.05) is 19.9 Å². The SMILES string of the molecule is C=C1N(C=C(c2ccc(F)cc2)C(C)CC)CCN(C(=O)C(N)CCc2cccc(F)c2)C1(C)C. The molecule has 0 aliphatic carbocycles. The lowest BCUT2D eigenvalue weighted by atomic mass is 9.90. The number of rotatable bonds is 8. The van der Waals surface area contributed by atoms with E-state index >= 15 is 0 Å². The van der Waals surface area contributed by atoms with Crippen molar-refractivity contribution in [2.45, 2.75) is 58.5 Å². The topological polar surface area (TPSA) is 49.6 Å². The van der Waals surface area contributed by atoms with Gasteiger partial charge in [-0.3, -0.25) is 4.79 Å². The first kappa shape index (κ1) is 26.6. The van der Waals surface area contributed by atoms with E-state index in [1.165, 1.54) is 24.3 Å². The lowest BCUT2D eigenvalue weighted by Gasteiger charge is -2.49. The summed E-state index contributed by atoms with van der Waals surface area (Å²) in [5.74, 6) is -0.408. The highest BCUT2D eigenvalue weighted by Crippen LogP contribution is 2.34. The molecular formula is C29H37F2N3O. The summed E-state index contributed by atoms with van der Waals surface area (Å²) in [4.78, 5) is 17.2. The van der Waals surface area contributed by atoms with Gasteiger partial charge in [0, 0.05) is 25.0 Å². The van der Waals surface area contributed by atoms with Crippen LogP contribution in [0, 0.1) is 17.6 Å². The van der Waals surface area contributed by atoms with Gasteiger partial charge < -0.3 is 15.5 Å². The summed E-state index contributed by atoms with van der Waals surface area (Å²) in [7, 11) is 0. The van der Waals surface area contributed by atoms with Gasteiger partial charge in [-0.1, -0.05) is 44.7 Å². The van der Waals surface area contributed by atoms with Crippen molar-refractivity contribution in [1.29, 1.82) is 0 Å². The minimum atomic E-state index is -0.678. The first-order chi connectivity index (χ1) is 16.5. The molecule has 0 saturated carbocycles. The maximum Gasteiger partial charge on any atom is 0.240 e. The number of halogens is 2. The van der Waals surface area contributed by atoms with Crippen LogP contribution in [0.4, 0.5) is 8.78 Å². The highest BCUT2D eigenvalue weighted by molar-refractivity contribution is 5.83. The molecule has 6 heteroatoms. The van der Waals surface area contributed by atoms with Crippen LogP contribution in [0.3, 0.4) is 0 Å². The third-order valence-electron chi connectivity index (χ3n) is 7.12. The van der Waals surface area contributed by atoms with Gasteiger partial charge in [-0.25, -0.2) is 8.78 Å². The molecule has 1 saturated heterocycles. The van der Waals surface area contributed by atoms with Crippen LogP contribution in [-0.2, 0) is 11.2 Å². The third-order valence-corrected chi connectivity index (χ3v) is 7.12. The van der Waals surface area contributed by atoms with Gasteiger partial charge in [0.15, 0.2) is 0 Å². The first-order valence-electron chi connectivity index (χ1n) is 12.3. The number of hydrogen-bond donors (Lipinski definition) is 1. The number of hydrogen-bond acceptors (Lipinski definition) is 3. The van der Waals surface area contributed by atoms with E-state index in [4.69, 9.17) is 5.73 Å². The Morgan fingerprint density at radius 1 is 1.14 bits per heavy atom. The molecule has 0 radical (unpaired) electrons. The lowest BCUT2D eigenvalue weighted by molar-refractivity contribution is -0.139. The van der Waals surface area contributed by atoms with Crippen LogP contribution in [-0.4, -0.2) is 40.4 Å². The van der Waals surface area contributed by atoms with Crippen LogP contribution < -0.4 is 5.73 Å². The fraction of sp³-hybridized carbons (Fsp3) is 0.414. The van der Waals surface area contributed by atoms with E-state index in [9.17, 15) is 13.6 Å².